The Morgan fingerprint density at radius 2 is 2.05 bits per heavy atom. The van der Waals surface area contributed by atoms with Gasteiger partial charge in [0, 0.05) is 23.4 Å². The van der Waals surface area contributed by atoms with Crippen LogP contribution in [0.15, 0.2) is 34.8 Å². The minimum atomic E-state index is -4.42. The molecule has 1 N–H and O–H groups in total. The number of halogens is 3. The van der Waals surface area contributed by atoms with Gasteiger partial charge in [-0.15, -0.1) is 0 Å². The van der Waals surface area contributed by atoms with Crippen molar-refractivity contribution in [3.8, 4) is 0 Å². The molecule has 0 saturated heterocycles. The number of carbonyl (C=O) groups excluding carboxylic acids is 1. The smallest absolute Gasteiger partial charge is 0.405 e. The van der Waals surface area contributed by atoms with E-state index in [-0.39, 0.29) is 0 Å². The van der Waals surface area contributed by atoms with Gasteiger partial charge in [0.1, 0.15) is 17.9 Å². The number of aryl methyl sites for hydroxylation is 1. The first-order chi connectivity index (χ1) is 9.90. The fraction of sp³-hybridized carbons (Fsp3) is 0.267. The summed E-state index contributed by atoms with van der Waals surface area (Å²) in [7, 11) is 0. The molecule has 0 saturated carbocycles. The summed E-state index contributed by atoms with van der Waals surface area (Å²) in [5.41, 5.74) is 1.40. The van der Waals surface area contributed by atoms with Crippen molar-refractivity contribution in [1.29, 1.82) is 0 Å². The van der Waals surface area contributed by atoms with Gasteiger partial charge in [0.2, 0.25) is 5.91 Å². The van der Waals surface area contributed by atoms with Crippen LogP contribution in [-0.4, -0.2) is 18.6 Å². The number of alkyl halides is 3. The molecule has 0 radical (unpaired) electrons. The highest BCUT2D eigenvalue weighted by Gasteiger charge is 2.27. The molecule has 112 valence electrons. The van der Waals surface area contributed by atoms with Gasteiger partial charge in [0.15, 0.2) is 0 Å². The Bertz CT molecular complexity index is 671. The molecule has 1 amide bonds. The zero-order valence-electron chi connectivity index (χ0n) is 11.3. The molecule has 3 nitrogen and oxygen atoms in total. The predicted molar refractivity (Wildman–Crippen MR) is 73.7 cm³/mol. The molecule has 0 bridgehead atoms. The lowest BCUT2D eigenvalue weighted by molar-refractivity contribution is -0.135. The van der Waals surface area contributed by atoms with Crippen LogP contribution in [0.25, 0.3) is 17.0 Å². The minimum absolute atomic E-state index is 0.624. The first kappa shape index (κ1) is 15.2. The van der Waals surface area contributed by atoms with Gasteiger partial charge in [-0.25, -0.2) is 0 Å². The van der Waals surface area contributed by atoms with E-state index in [0.29, 0.717) is 17.8 Å². The maximum Gasteiger partial charge on any atom is 0.405 e. The molecule has 1 heterocycles. The summed E-state index contributed by atoms with van der Waals surface area (Å²) in [5, 5.41) is 2.62. The van der Waals surface area contributed by atoms with Gasteiger partial charge < -0.3 is 9.73 Å². The average molecular weight is 297 g/mol. The molecule has 0 aliphatic carbocycles. The molecule has 1 aromatic carbocycles. The Labute approximate surface area is 119 Å². The van der Waals surface area contributed by atoms with E-state index in [4.69, 9.17) is 4.42 Å². The van der Waals surface area contributed by atoms with Crippen LogP contribution in [0.3, 0.4) is 0 Å². The highest BCUT2D eigenvalue weighted by Crippen LogP contribution is 2.27. The van der Waals surface area contributed by atoms with Crippen LogP contribution in [0.5, 0.6) is 0 Å². The van der Waals surface area contributed by atoms with E-state index >= 15 is 0 Å². The number of para-hydroxylation sites is 1. The molecule has 0 unspecified atom stereocenters. The molecule has 2 aromatic rings. The third-order valence-electron chi connectivity index (χ3n) is 2.90. The largest absolute Gasteiger partial charge is 0.460 e. The number of carbonyl (C=O) groups is 1. The zero-order chi connectivity index (χ0) is 15.5. The summed E-state index contributed by atoms with van der Waals surface area (Å²) < 4.78 is 41.6. The van der Waals surface area contributed by atoms with E-state index in [2.05, 4.69) is 0 Å². The Morgan fingerprint density at radius 3 is 2.71 bits per heavy atom. The molecule has 6 heteroatoms. The number of furan rings is 1. The molecule has 0 aliphatic rings. The molecular weight excluding hydrogens is 283 g/mol. The standard InChI is InChI=1S/C15H14F3NO2/c1-2-12-11(10-5-3-4-6-13(10)21-12)7-8-14(20)19-9-15(16,17)18/h3-8H,2,9H2,1H3,(H,19,20)/b8-7+. The summed E-state index contributed by atoms with van der Waals surface area (Å²) in [5.74, 6) is -0.101. The number of hydrogen-bond donors (Lipinski definition) is 1. The molecule has 0 aliphatic heterocycles. The molecule has 0 atom stereocenters. The van der Waals surface area contributed by atoms with Crippen molar-refractivity contribution in [3.05, 3.63) is 41.7 Å². The lowest BCUT2D eigenvalue weighted by atomic mass is 10.1. The van der Waals surface area contributed by atoms with Gasteiger partial charge >= 0.3 is 6.18 Å². The summed E-state index contributed by atoms with van der Waals surface area (Å²) in [6, 6.07) is 7.30. The lowest BCUT2D eigenvalue weighted by Crippen LogP contribution is -2.32. The predicted octanol–water partition coefficient (Wildman–Crippen LogP) is 3.69. The number of nitrogens with one attached hydrogen (secondary N) is 1. The SMILES string of the molecule is CCc1oc2ccccc2c1/C=C/C(=O)NCC(F)(F)F. The lowest BCUT2D eigenvalue weighted by Gasteiger charge is -2.05. The first-order valence-corrected chi connectivity index (χ1v) is 6.44. The second-order valence-electron chi connectivity index (χ2n) is 4.45. The van der Waals surface area contributed by atoms with Crippen molar-refractivity contribution in [1.82, 2.24) is 5.32 Å². The van der Waals surface area contributed by atoms with Gasteiger partial charge in [-0.3, -0.25) is 4.79 Å². The Balaban J connectivity index is 2.19. The highest BCUT2D eigenvalue weighted by molar-refractivity contribution is 5.96. The van der Waals surface area contributed by atoms with Crippen molar-refractivity contribution in [2.24, 2.45) is 0 Å². The number of hydrogen-bond acceptors (Lipinski definition) is 2. The Kier molecular flexibility index (Phi) is 4.35. The van der Waals surface area contributed by atoms with E-state index in [0.717, 1.165) is 17.0 Å². The van der Waals surface area contributed by atoms with Crippen molar-refractivity contribution >= 4 is 23.0 Å². The van der Waals surface area contributed by atoms with Gasteiger partial charge in [-0.05, 0) is 12.1 Å². The molecule has 0 fully saturated rings. The van der Waals surface area contributed by atoms with Crippen LogP contribution in [0.2, 0.25) is 0 Å². The average Bonchev–Trinajstić information content (AvgIpc) is 2.80. The van der Waals surface area contributed by atoms with Crippen LogP contribution in [-0.2, 0) is 11.2 Å². The third-order valence-corrected chi connectivity index (χ3v) is 2.90. The molecule has 21 heavy (non-hydrogen) atoms. The van der Waals surface area contributed by atoms with E-state index < -0.39 is 18.6 Å². The first-order valence-electron chi connectivity index (χ1n) is 6.44. The molecule has 0 spiro atoms. The van der Waals surface area contributed by atoms with E-state index in [9.17, 15) is 18.0 Å². The molecule has 2 rings (SSSR count). The van der Waals surface area contributed by atoms with E-state index in [1.54, 1.807) is 11.4 Å². The maximum absolute atomic E-state index is 12.0. The fourth-order valence-electron chi connectivity index (χ4n) is 1.97. The van der Waals surface area contributed by atoms with Crippen molar-refractivity contribution in [2.45, 2.75) is 19.5 Å². The molecule has 1 aromatic heterocycles. The van der Waals surface area contributed by atoms with Gasteiger partial charge in [-0.1, -0.05) is 25.1 Å². The third kappa shape index (κ3) is 3.87. The van der Waals surface area contributed by atoms with E-state index in [1.165, 1.54) is 6.08 Å². The Morgan fingerprint density at radius 1 is 1.33 bits per heavy atom. The number of amides is 1. The number of benzene rings is 1. The summed E-state index contributed by atoms with van der Waals surface area (Å²) >= 11 is 0. The van der Waals surface area contributed by atoms with Gasteiger partial charge in [0.05, 0.1) is 0 Å². The van der Waals surface area contributed by atoms with Crippen LogP contribution in [0, 0.1) is 0 Å². The topological polar surface area (TPSA) is 42.2 Å². The monoisotopic (exact) mass is 297 g/mol. The zero-order valence-corrected chi connectivity index (χ0v) is 11.3. The summed E-state index contributed by atoms with van der Waals surface area (Å²) in [6.45, 7) is 0.557. The summed E-state index contributed by atoms with van der Waals surface area (Å²) in [4.78, 5) is 11.4. The quantitative estimate of drug-likeness (QED) is 0.875. The maximum atomic E-state index is 12.0. The highest BCUT2D eigenvalue weighted by atomic mass is 19.4. The molecular formula is C15H14F3NO2. The van der Waals surface area contributed by atoms with Gasteiger partial charge in [0.25, 0.3) is 0 Å². The normalized spacial score (nSPS) is 12.2. The summed E-state index contributed by atoms with van der Waals surface area (Å²) in [6.07, 6.45) is -1.22. The number of rotatable bonds is 4. The van der Waals surface area contributed by atoms with Crippen LogP contribution >= 0.6 is 0 Å². The second-order valence-corrected chi connectivity index (χ2v) is 4.45. The number of fused-ring (bicyclic) bond motifs is 1. The van der Waals surface area contributed by atoms with Gasteiger partial charge in [-0.2, -0.15) is 13.2 Å². The fourth-order valence-corrected chi connectivity index (χ4v) is 1.97. The van der Waals surface area contributed by atoms with Crippen molar-refractivity contribution < 1.29 is 22.4 Å². The van der Waals surface area contributed by atoms with Crippen molar-refractivity contribution in [2.75, 3.05) is 6.54 Å². The second kappa shape index (κ2) is 6.03. The van der Waals surface area contributed by atoms with E-state index in [1.807, 2.05) is 25.1 Å². The van der Waals surface area contributed by atoms with Crippen LogP contribution < -0.4 is 5.32 Å². The Hall–Kier alpha value is -2.24. The van der Waals surface area contributed by atoms with Crippen molar-refractivity contribution in [3.63, 3.8) is 0 Å². The van der Waals surface area contributed by atoms with Crippen LogP contribution in [0.1, 0.15) is 18.2 Å². The minimum Gasteiger partial charge on any atom is -0.460 e. The van der Waals surface area contributed by atoms with Crippen LogP contribution in [0.4, 0.5) is 13.2 Å².